The molecule has 0 saturated heterocycles. The van der Waals surface area contributed by atoms with Gasteiger partial charge in [-0.3, -0.25) is 0 Å². The van der Waals surface area contributed by atoms with Crippen LogP contribution in [-0.2, 0) is 4.74 Å². The van der Waals surface area contributed by atoms with Crippen molar-refractivity contribution in [2.75, 3.05) is 13.2 Å². The molecule has 44 valence electrons. The van der Waals surface area contributed by atoms with Crippen LogP contribution in [0, 0.1) is 18.3 Å². The maximum absolute atomic E-state index is 5.07. The first-order valence-electron chi connectivity index (χ1n) is 2.94. The molecule has 8 heavy (non-hydrogen) atoms. The SMILES string of the molecule is C#CCOCC1CC1. The number of rotatable bonds is 3. The fraction of sp³-hybridized carbons (Fsp3) is 0.714. The first kappa shape index (κ1) is 5.65. The van der Waals surface area contributed by atoms with Crippen LogP contribution in [0.5, 0.6) is 0 Å². The van der Waals surface area contributed by atoms with Gasteiger partial charge in [-0.05, 0) is 18.8 Å². The van der Waals surface area contributed by atoms with Crippen molar-refractivity contribution in [3.8, 4) is 12.3 Å². The van der Waals surface area contributed by atoms with Crippen molar-refractivity contribution in [1.82, 2.24) is 0 Å². The highest BCUT2D eigenvalue weighted by atomic mass is 16.5. The van der Waals surface area contributed by atoms with Crippen molar-refractivity contribution in [1.29, 1.82) is 0 Å². The highest BCUT2D eigenvalue weighted by Gasteiger charge is 2.20. The Kier molecular flexibility index (Phi) is 1.93. The second-order valence-corrected chi connectivity index (χ2v) is 2.16. The van der Waals surface area contributed by atoms with Gasteiger partial charge >= 0.3 is 0 Å². The van der Waals surface area contributed by atoms with Gasteiger partial charge in [0.2, 0.25) is 0 Å². The lowest BCUT2D eigenvalue weighted by atomic mass is 10.5. The first-order chi connectivity index (χ1) is 3.93. The van der Waals surface area contributed by atoms with Gasteiger partial charge in [0, 0.05) is 0 Å². The van der Waals surface area contributed by atoms with E-state index in [-0.39, 0.29) is 0 Å². The molecule has 0 radical (unpaired) electrons. The molecule has 1 nitrogen and oxygen atoms in total. The Morgan fingerprint density at radius 1 is 1.62 bits per heavy atom. The van der Waals surface area contributed by atoms with Crippen LogP contribution in [0.4, 0.5) is 0 Å². The van der Waals surface area contributed by atoms with Crippen molar-refractivity contribution in [3.05, 3.63) is 0 Å². The second-order valence-electron chi connectivity index (χ2n) is 2.16. The van der Waals surface area contributed by atoms with Crippen LogP contribution in [0.2, 0.25) is 0 Å². The molecule has 0 heterocycles. The van der Waals surface area contributed by atoms with E-state index >= 15 is 0 Å². The van der Waals surface area contributed by atoms with E-state index in [1.54, 1.807) is 0 Å². The van der Waals surface area contributed by atoms with E-state index in [0.29, 0.717) is 6.61 Å². The number of ether oxygens (including phenoxy) is 1. The van der Waals surface area contributed by atoms with Crippen molar-refractivity contribution in [2.24, 2.45) is 5.92 Å². The average Bonchev–Trinajstić information content (AvgIpc) is 2.51. The van der Waals surface area contributed by atoms with E-state index < -0.39 is 0 Å². The normalized spacial score (nSPS) is 17.9. The summed E-state index contributed by atoms with van der Waals surface area (Å²) in [4.78, 5) is 0. The lowest BCUT2D eigenvalue weighted by molar-refractivity contribution is 0.156. The third-order valence-corrected chi connectivity index (χ3v) is 1.24. The number of terminal acetylenes is 1. The summed E-state index contributed by atoms with van der Waals surface area (Å²) in [7, 11) is 0. The van der Waals surface area contributed by atoms with Crippen LogP contribution in [-0.4, -0.2) is 13.2 Å². The van der Waals surface area contributed by atoms with Gasteiger partial charge in [-0.1, -0.05) is 5.92 Å². The lowest BCUT2D eigenvalue weighted by Gasteiger charge is -1.93. The minimum Gasteiger partial charge on any atom is -0.369 e. The Labute approximate surface area is 50.0 Å². The van der Waals surface area contributed by atoms with E-state index in [1.807, 2.05) is 0 Å². The standard InChI is InChI=1S/C7H10O/c1-2-5-8-6-7-3-4-7/h1,7H,3-6H2. The minimum atomic E-state index is 0.483. The molecule has 0 atom stereocenters. The van der Waals surface area contributed by atoms with Gasteiger partial charge < -0.3 is 4.74 Å². The van der Waals surface area contributed by atoms with E-state index in [9.17, 15) is 0 Å². The summed E-state index contributed by atoms with van der Waals surface area (Å²) in [6.07, 6.45) is 7.64. The minimum absolute atomic E-state index is 0.483. The molecule has 1 aliphatic rings. The molecule has 0 aliphatic heterocycles. The van der Waals surface area contributed by atoms with Crippen LogP contribution >= 0.6 is 0 Å². The Morgan fingerprint density at radius 3 is 2.88 bits per heavy atom. The maximum Gasteiger partial charge on any atom is 0.107 e. The van der Waals surface area contributed by atoms with Gasteiger partial charge in [0.15, 0.2) is 0 Å². The van der Waals surface area contributed by atoms with Crippen molar-refractivity contribution >= 4 is 0 Å². The topological polar surface area (TPSA) is 9.23 Å². The summed E-state index contributed by atoms with van der Waals surface area (Å²) in [5, 5.41) is 0. The monoisotopic (exact) mass is 110 g/mol. The first-order valence-corrected chi connectivity index (χ1v) is 2.94. The highest BCUT2D eigenvalue weighted by molar-refractivity contribution is 4.83. The van der Waals surface area contributed by atoms with Gasteiger partial charge in [-0.25, -0.2) is 0 Å². The van der Waals surface area contributed by atoms with Crippen molar-refractivity contribution < 1.29 is 4.74 Å². The van der Waals surface area contributed by atoms with E-state index in [0.717, 1.165) is 12.5 Å². The number of hydrogen-bond acceptors (Lipinski definition) is 1. The van der Waals surface area contributed by atoms with Crippen LogP contribution in [0.3, 0.4) is 0 Å². The van der Waals surface area contributed by atoms with E-state index in [4.69, 9.17) is 11.2 Å². The summed E-state index contributed by atoms with van der Waals surface area (Å²) in [6.45, 7) is 1.36. The quantitative estimate of drug-likeness (QED) is 0.389. The van der Waals surface area contributed by atoms with Gasteiger partial charge in [-0.2, -0.15) is 0 Å². The summed E-state index contributed by atoms with van der Waals surface area (Å²) >= 11 is 0. The third-order valence-electron chi connectivity index (χ3n) is 1.24. The van der Waals surface area contributed by atoms with Crippen LogP contribution < -0.4 is 0 Å². The molecule has 0 unspecified atom stereocenters. The molecule has 0 aromatic carbocycles. The summed E-state index contributed by atoms with van der Waals surface area (Å²) in [5.74, 6) is 3.27. The molecular formula is C7H10O. The van der Waals surface area contributed by atoms with Gasteiger partial charge in [0.25, 0.3) is 0 Å². The Bertz CT molecular complexity index is 97.4. The molecule has 1 heteroatoms. The Balaban J connectivity index is 1.83. The van der Waals surface area contributed by atoms with Gasteiger partial charge in [0.1, 0.15) is 6.61 Å². The largest absolute Gasteiger partial charge is 0.369 e. The molecular weight excluding hydrogens is 100 g/mol. The molecule has 1 rings (SSSR count). The van der Waals surface area contributed by atoms with Crippen LogP contribution in [0.1, 0.15) is 12.8 Å². The Hall–Kier alpha value is -0.480. The summed E-state index contributed by atoms with van der Waals surface area (Å²) in [5.41, 5.74) is 0. The van der Waals surface area contributed by atoms with Crippen molar-refractivity contribution in [3.63, 3.8) is 0 Å². The Morgan fingerprint density at radius 2 is 2.38 bits per heavy atom. The van der Waals surface area contributed by atoms with E-state index in [2.05, 4.69) is 5.92 Å². The predicted octanol–water partition coefficient (Wildman–Crippen LogP) is 1.05. The average molecular weight is 110 g/mol. The molecule has 0 spiro atoms. The zero-order valence-electron chi connectivity index (χ0n) is 4.89. The lowest BCUT2D eigenvalue weighted by Crippen LogP contribution is -1.94. The van der Waals surface area contributed by atoms with Gasteiger partial charge in [0.05, 0.1) is 6.61 Å². The molecule has 1 saturated carbocycles. The smallest absolute Gasteiger partial charge is 0.107 e. The predicted molar refractivity (Wildman–Crippen MR) is 32.4 cm³/mol. The molecule has 1 aliphatic carbocycles. The summed E-state index contributed by atoms with van der Waals surface area (Å²) in [6, 6.07) is 0. The molecule has 0 aromatic heterocycles. The van der Waals surface area contributed by atoms with E-state index in [1.165, 1.54) is 12.8 Å². The molecule has 0 amide bonds. The zero-order chi connectivity index (χ0) is 5.82. The molecule has 1 fully saturated rings. The fourth-order valence-corrected chi connectivity index (χ4v) is 0.569. The van der Waals surface area contributed by atoms with Crippen LogP contribution in [0.15, 0.2) is 0 Å². The summed E-state index contributed by atoms with van der Waals surface area (Å²) < 4.78 is 5.07. The fourth-order valence-electron chi connectivity index (χ4n) is 0.569. The maximum atomic E-state index is 5.07. The number of hydrogen-bond donors (Lipinski definition) is 0. The van der Waals surface area contributed by atoms with Crippen molar-refractivity contribution in [2.45, 2.75) is 12.8 Å². The second kappa shape index (κ2) is 2.74. The molecule has 0 N–H and O–H groups in total. The molecule has 0 aromatic rings. The highest BCUT2D eigenvalue weighted by Crippen LogP contribution is 2.28. The van der Waals surface area contributed by atoms with Gasteiger partial charge in [-0.15, -0.1) is 6.42 Å². The van der Waals surface area contributed by atoms with Crippen LogP contribution in [0.25, 0.3) is 0 Å². The third kappa shape index (κ3) is 1.99. The molecule has 0 bridgehead atoms. The zero-order valence-corrected chi connectivity index (χ0v) is 4.89.